The second-order valence-electron chi connectivity index (χ2n) is 9.77. The molecule has 9 heteroatoms. The number of aliphatic carboxylic acids is 1. The quantitative estimate of drug-likeness (QED) is 0.692. The molecule has 2 unspecified atom stereocenters. The van der Waals surface area contributed by atoms with Crippen LogP contribution in [0.5, 0.6) is 0 Å². The zero-order valence-electron chi connectivity index (χ0n) is 17.8. The zero-order valence-corrected chi connectivity index (χ0v) is 18.8. The van der Waals surface area contributed by atoms with Gasteiger partial charge in [0, 0.05) is 0 Å². The molecule has 2 N–H and O–H groups in total. The van der Waals surface area contributed by atoms with Gasteiger partial charge >= 0.3 is 12.1 Å². The van der Waals surface area contributed by atoms with Crippen molar-refractivity contribution in [3.05, 3.63) is 0 Å². The molecule has 0 aliphatic carbocycles. The normalized spacial score (nSPS) is 25.1. The van der Waals surface area contributed by atoms with Crippen LogP contribution in [0, 0.1) is 0 Å². The molecule has 1 heterocycles. The standard InChI is InChI=1S/C18H35NO7Si/c1-16(2,3)26-15(22)19-9-13(14(20)21)24-11-18(23,10-19)12-25-27(7,8)17(4,5)6/h13,23H,9-12H2,1-8H3,(H,20,21). The Kier molecular flexibility index (Phi) is 7.13. The molecular weight excluding hydrogens is 370 g/mol. The second-order valence-corrected chi connectivity index (χ2v) is 14.6. The summed E-state index contributed by atoms with van der Waals surface area (Å²) in [5.41, 5.74) is -2.25. The van der Waals surface area contributed by atoms with Gasteiger partial charge in [0.15, 0.2) is 14.4 Å². The number of hydrogen-bond acceptors (Lipinski definition) is 6. The number of carbonyl (C=O) groups excluding carboxylic acids is 1. The summed E-state index contributed by atoms with van der Waals surface area (Å²) in [7, 11) is -2.15. The summed E-state index contributed by atoms with van der Waals surface area (Å²) < 4.78 is 16.8. The number of hydrogen-bond donors (Lipinski definition) is 2. The average molecular weight is 406 g/mol. The van der Waals surface area contributed by atoms with Crippen LogP contribution in [0.25, 0.3) is 0 Å². The highest BCUT2D eigenvalue weighted by Crippen LogP contribution is 2.37. The number of carboxylic acid groups (broad SMARTS) is 1. The van der Waals surface area contributed by atoms with E-state index < -0.39 is 37.7 Å². The maximum atomic E-state index is 12.5. The predicted octanol–water partition coefficient (Wildman–Crippen LogP) is 2.46. The molecule has 158 valence electrons. The van der Waals surface area contributed by atoms with E-state index in [1.165, 1.54) is 4.90 Å². The molecule has 0 aromatic carbocycles. The summed E-state index contributed by atoms with van der Waals surface area (Å²) in [4.78, 5) is 25.1. The fourth-order valence-corrected chi connectivity index (χ4v) is 3.27. The largest absolute Gasteiger partial charge is 0.479 e. The minimum atomic E-state index is -2.15. The molecule has 1 fully saturated rings. The highest BCUT2D eigenvalue weighted by Gasteiger charge is 2.44. The molecule has 0 radical (unpaired) electrons. The molecule has 0 spiro atoms. The molecule has 1 saturated heterocycles. The lowest BCUT2D eigenvalue weighted by molar-refractivity contribution is -0.153. The molecule has 1 aliphatic heterocycles. The lowest BCUT2D eigenvalue weighted by Crippen LogP contribution is -2.53. The Bertz CT molecular complexity index is 553. The number of carboxylic acids is 1. The molecule has 1 rings (SSSR count). The van der Waals surface area contributed by atoms with Gasteiger partial charge in [0.2, 0.25) is 0 Å². The van der Waals surface area contributed by atoms with Crippen LogP contribution in [0.2, 0.25) is 18.1 Å². The highest BCUT2D eigenvalue weighted by atomic mass is 28.4. The summed E-state index contributed by atoms with van der Waals surface area (Å²) in [6.07, 6.45) is -1.93. The average Bonchev–Trinajstić information content (AvgIpc) is 2.63. The number of nitrogens with zero attached hydrogens (tertiary/aromatic N) is 1. The number of aliphatic hydroxyl groups is 1. The maximum Gasteiger partial charge on any atom is 0.410 e. The summed E-state index contributed by atoms with van der Waals surface area (Å²) in [5, 5.41) is 20.3. The minimum Gasteiger partial charge on any atom is -0.479 e. The lowest BCUT2D eigenvalue weighted by Gasteiger charge is -2.39. The van der Waals surface area contributed by atoms with Gasteiger partial charge in [-0.3, -0.25) is 0 Å². The molecule has 1 aliphatic rings. The Labute approximate surface area is 162 Å². The topological polar surface area (TPSA) is 106 Å². The van der Waals surface area contributed by atoms with Crippen molar-refractivity contribution in [3.63, 3.8) is 0 Å². The van der Waals surface area contributed by atoms with E-state index in [-0.39, 0.29) is 31.3 Å². The summed E-state index contributed by atoms with van der Waals surface area (Å²) in [5.74, 6) is -1.20. The van der Waals surface area contributed by atoms with Crippen molar-refractivity contribution in [1.82, 2.24) is 4.90 Å². The fourth-order valence-electron chi connectivity index (χ4n) is 2.21. The van der Waals surface area contributed by atoms with Gasteiger partial charge in [0.25, 0.3) is 0 Å². The van der Waals surface area contributed by atoms with Gasteiger partial charge in [0.1, 0.15) is 11.2 Å². The minimum absolute atomic E-state index is 0.0465. The van der Waals surface area contributed by atoms with Gasteiger partial charge in [-0.05, 0) is 38.9 Å². The first-order valence-electron chi connectivity index (χ1n) is 9.14. The smallest absolute Gasteiger partial charge is 0.410 e. The molecule has 0 aromatic heterocycles. The third-order valence-corrected chi connectivity index (χ3v) is 9.34. The number of carbonyl (C=O) groups is 2. The molecule has 27 heavy (non-hydrogen) atoms. The van der Waals surface area contributed by atoms with Gasteiger partial charge < -0.3 is 29.0 Å². The zero-order chi connectivity index (χ0) is 21.3. The highest BCUT2D eigenvalue weighted by molar-refractivity contribution is 6.74. The number of ether oxygens (including phenoxy) is 2. The molecule has 1 amide bonds. The van der Waals surface area contributed by atoms with Crippen LogP contribution in [0.15, 0.2) is 0 Å². The Morgan fingerprint density at radius 3 is 2.22 bits per heavy atom. The van der Waals surface area contributed by atoms with Gasteiger partial charge in [-0.25, -0.2) is 9.59 Å². The SMILES string of the molecule is CC(C)(C)OC(=O)N1CC(C(=O)O)OCC(O)(CO[Si](C)(C)C(C)(C)C)C1. The van der Waals surface area contributed by atoms with Crippen LogP contribution in [0.3, 0.4) is 0 Å². The first-order valence-corrected chi connectivity index (χ1v) is 12.1. The van der Waals surface area contributed by atoms with Gasteiger partial charge in [-0.15, -0.1) is 0 Å². The van der Waals surface area contributed by atoms with Crippen LogP contribution in [0.1, 0.15) is 41.5 Å². The number of β-amino-alcohol motifs (C(OH)–C–C–N with tert-alkyl or cyclic N) is 1. The molecule has 8 nitrogen and oxygen atoms in total. The second kappa shape index (κ2) is 8.06. The number of rotatable bonds is 4. The monoisotopic (exact) mass is 405 g/mol. The fraction of sp³-hybridized carbons (Fsp3) is 0.889. The van der Waals surface area contributed by atoms with E-state index in [9.17, 15) is 19.8 Å². The van der Waals surface area contributed by atoms with Crippen molar-refractivity contribution in [3.8, 4) is 0 Å². The van der Waals surface area contributed by atoms with Crippen LogP contribution in [-0.4, -0.2) is 79.1 Å². The first kappa shape index (κ1) is 23.9. The van der Waals surface area contributed by atoms with Crippen molar-refractivity contribution in [2.45, 2.75) is 77.0 Å². The van der Waals surface area contributed by atoms with E-state index in [2.05, 4.69) is 33.9 Å². The van der Waals surface area contributed by atoms with Crippen molar-refractivity contribution >= 4 is 20.4 Å². The maximum absolute atomic E-state index is 12.5. The lowest BCUT2D eigenvalue weighted by atomic mass is 10.1. The molecule has 0 bridgehead atoms. The van der Waals surface area contributed by atoms with Crippen LogP contribution < -0.4 is 0 Å². The summed E-state index contributed by atoms with van der Waals surface area (Å²) in [6.45, 7) is 14.9. The molecular formula is C18H35NO7Si. The van der Waals surface area contributed by atoms with Gasteiger partial charge in [-0.1, -0.05) is 20.8 Å². The number of amides is 1. The Morgan fingerprint density at radius 1 is 1.22 bits per heavy atom. The van der Waals surface area contributed by atoms with E-state index in [0.717, 1.165) is 0 Å². The van der Waals surface area contributed by atoms with Crippen LogP contribution in [0.4, 0.5) is 4.79 Å². The van der Waals surface area contributed by atoms with Gasteiger partial charge in [-0.2, -0.15) is 0 Å². The Balaban J connectivity index is 2.99. The van der Waals surface area contributed by atoms with Crippen molar-refractivity contribution in [1.29, 1.82) is 0 Å². The van der Waals surface area contributed by atoms with Crippen molar-refractivity contribution < 1.29 is 33.7 Å². The predicted molar refractivity (Wildman–Crippen MR) is 103 cm³/mol. The summed E-state index contributed by atoms with van der Waals surface area (Å²) in [6, 6.07) is 0. The summed E-state index contributed by atoms with van der Waals surface area (Å²) >= 11 is 0. The Morgan fingerprint density at radius 2 is 1.78 bits per heavy atom. The third kappa shape index (κ3) is 7.06. The molecule has 0 saturated carbocycles. The van der Waals surface area contributed by atoms with Gasteiger partial charge in [0.05, 0.1) is 26.3 Å². The van der Waals surface area contributed by atoms with Crippen LogP contribution in [-0.2, 0) is 18.7 Å². The van der Waals surface area contributed by atoms with E-state index in [4.69, 9.17) is 13.9 Å². The first-order chi connectivity index (χ1) is 12.0. The van der Waals surface area contributed by atoms with Crippen molar-refractivity contribution in [2.75, 3.05) is 26.3 Å². The Hall–Kier alpha value is -1.16. The molecule has 0 aromatic rings. The van der Waals surface area contributed by atoms with Crippen molar-refractivity contribution in [2.24, 2.45) is 0 Å². The van der Waals surface area contributed by atoms with E-state index in [0.29, 0.717) is 0 Å². The third-order valence-electron chi connectivity index (χ3n) is 4.86. The van der Waals surface area contributed by atoms with E-state index >= 15 is 0 Å². The molecule has 2 atom stereocenters. The van der Waals surface area contributed by atoms with Crippen LogP contribution >= 0.6 is 0 Å². The van der Waals surface area contributed by atoms with E-state index in [1.54, 1.807) is 20.8 Å². The van der Waals surface area contributed by atoms with E-state index in [1.807, 2.05) is 0 Å².